The van der Waals surface area contributed by atoms with E-state index in [-0.39, 0.29) is 18.4 Å². The number of imidazole rings is 1. The maximum Gasteiger partial charge on any atom is 0.246 e. The lowest BCUT2D eigenvalue weighted by Gasteiger charge is -2.35. The molecular formula is C17H21N5O3. The predicted molar refractivity (Wildman–Crippen MR) is 92.2 cm³/mol. The molecule has 3 rings (SSSR count). The standard InChI is InChI=1S/C17H21N5O3/c1-25-14-4-2-3-13(8-14)22-6-5-21(10-16(22)23)17(24)15(18)7-12-9-19-11-20-12/h2-4,8-9,11,15H,5-7,10,18H2,1H3,(H,19,20)/t15-/m0/s1. The lowest BCUT2D eigenvalue weighted by Crippen LogP contribution is -2.56. The number of piperazine rings is 1. The number of amides is 2. The van der Waals surface area contributed by atoms with Gasteiger partial charge in [0, 0.05) is 43.2 Å². The highest BCUT2D eigenvalue weighted by Crippen LogP contribution is 2.22. The molecule has 132 valence electrons. The van der Waals surface area contributed by atoms with E-state index < -0.39 is 6.04 Å². The van der Waals surface area contributed by atoms with E-state index in [4.69, 9.17) is 10.5 Å². The molecule has 0 unspecified atom stereocenters. The number of anilines is 1. The van der Waals surface area contributed by atoms with Crippen molar-refractivity contribution < 1.29 is 14.3 Å². The summed E-state index contributed by atoms with van der Waals surface area (Å²) in [5.41, 5.74) is 7.54. The van der Waals surface area contributed by atoms with E-state index in [9.17, 15) is 9.59 Å². The second-order valence-corrected chi connectivity index (χ2v) is 5.89. The summed E-state index contributed by atoms with van der Waals surface area (Å²) in [5, 5.41) is 0. The molecule has 1 atom stereocenters. The summed E-state index contributed by atoms with van der Waals surface area (Å²) in [5.74, 6) is 0.320. The first-order valence-corrected chi connectivity index (χ1v) is 8.04. The van der Waals surface area contributed by atoms with Crippen LogP contribution in [0.1, 0.15) is 5.69 Å². The van der Waals surface area contributed by atoms with Gasteiger partial charge in [0.05, 0.1) is 19.5 Å². The molecule has 25 heavy (non-hydrogen) atoms. The Hall–Kier alpha value is -2.87. The van der Waals surface area contributed by atoms with Crippen molar-refractivity contribution in [1.29, 1.82) is 0 Å². The summed E-state index contributed by atoms with van der Waals surface area (Å²) >= 11 is 0. The minimum absolute atomic E-state index is 0.0206. The minimum atomic E-state index is -0.698. The summed E-state index contributed by atoms with van der Waals surface area (Å²) < 4.78 is 5.19. The Bertz CT molecular complexity index is 747. The second kappa shape index (κ2) is 7.35. The van der Waals surface area contributed by atoms with Crippen LogP contribution in [0.5, 0.6) is 5.75 Å². The molecule has 1 aromatic heterocycles. The minimum Gasteiger partial charge on any atom is -0.497 e. The highest BCUT2D eigenvalue weighted by Gasteiger charge is 2.30. The van der Waals surface area contributed by atoms with Gasteiger partial charge in [-0.05, 0) is 12.1 Å². The summed E-state index contributed by atoms with van der Waals surface area (Å²) in [6.45, 7) is 0.889. The number of nitrogens with one attached hydrogen (secondary N) is 1. The first kappa shape index (κ1) is 17.0. The van der Waals surface area contributed by atoms with E-state index in [0.717, 1.165) is 11.4 Å². The summed E-state index contributed by atoms with van der Waals surface area (Å²) in [6.07, 6.45) is 3.55. The molecule has 1 aliphatic rings. The molecule has 0 spiro atoms. The van der Waals surface area contributed by atoms with E-state index in [1.165, 1.54) is 4.90 Å². The van der Waals surface area contributed by atoms with Crippen LogP contribution in [-0.4, -0.2) is 59.5 Å². The van der Waals surface area contributed by atoms with E-state index in [1.54, 1.807) is 30.6 Å². The number of aromatic amines is 1. The Kier molecular flexibility index (Phi) is 4.99. The van der Waals surface area contributed by atoms with Gasteiger partial charge in [0.1, 0.15) is 12.3 Å². The molecule has 2 amide bonds. The first-order valence-electron chi connectivity index (χ1n) is 8.04. The van der Waals surface area contributed by atoms with E-state index in [0.29, 0.717) is 25.3 Å². The summed E-state index contributed by atoms with van der Waals surface area (Å²) in [6, 6.07) is 6.61. The average molecular weight is 343 g/mol. The van der Waals surface area contributed by atoms with Crippen molar-refractivity contribution in [2.45, 2.75) is 12.5 Å². The molecule has 1 aromatic carbocycles. The normalized spacial score (nSPS) is 16.0. The largest absolute Gasteiger partial charge is 0.497 e. The maximum atomic E-state index is 12.5. The van der Waals surface area contributed by atoms with Crippen molar-refractivity contribution in [3.8, 4) is 5.75 Å². The molecule has 1 aliphatic heterocycles. The Balaban J connectivity index is 1.62. The monoisotopic (exact) mass is 343 g/mol. The number of rotatable bonds is 5. The fourth-order valence-electron chi connectivity index (χ4n) is 2.87. The highest BCUT2D eigenvalue weighted by atomic mass is 16.5. The van der Waals surface area contributed by atoms with Crippen LogP contribution in [0.15, 0.2) is 36.8 Å². The number of H-pyrrole nitrogens is 1. The van der Waals surface area contributed by atoms with Crippen LogP contribution in [0.2, 0.25) is 0 Å². The zero-order valence-corrected chi connectivity index (χ0v) is 14.0. The number of nitrogens with zero attached hydrogens (tertiary/aromatic N) is 3. The summed E-state index contributed by atoms with van der Waals surface area (Å²) in [4.78, 5) is 35.0. The molecule has 1 fully saturated rings. The number of ether oxygens (including phenoxy) is 1. The molecular weight excluding hydrogens is 322 g/mol. The third-order valence-electron chi connectivity index (χ3n) is 4.21. The van der Waals surface area contributed by atoms with Gasteiger partial charge < -0.3 is 25.3 Å². The van der Waals surface area contributed by atoms with Gasteiger partial charge in [0.2, 0.25) is 11.8 Å². The van der Waals surface area contributed by atoms with Crippen molar-refractivity contribution in [1.82, 2.24) is 14.9 Å². The van der Waals surface area contributed by atoms with Gasteiger partial charge in [-0.3, -0.25) is 9.59 Å². The number of carbonyl (C=O) groups excluding carboxylic acids is 2. The van der Waals surface area contributed by atoms with Crippen LogP contribution < -0.4 is 15.4 Å². The smallest absolute Gasteiger partial charge is 0.246 e. The number of aromatic nitrogens is 2. The second-order valence-electron chi connectivity index (χ2n) is 5.89. The lowest BCUT2D eigenvalue weighted by atomic mass is 10.1. The number of carbonyl (C=O) groups is 2. The molecule has 2 aromatic rings. The van der Waals surface area contributed by atoms with Gasteiger partial charge in [-0.25, -0.2) is 4.98 Å². The number of methoxy groups -OCH3 is 1. The Morgan fingerprint density at radius 2 is 2.28 bits per heavy atom. The number of hydrogen-bond acceptors (Lipinski definition) is 5. The Morgan fingerprint density at radius 3 is 2.96 bits per heavy atom. The van der Waals surface area contributed by atoms with E-state index >= 15 is 0 Å². The van der Waals surface area contributed by atoms with Gasteiger partial charge in [0.25, 0.3) is 0 Å². The molecule has 0 saturated carbocycles. The molecule has 1 saturated heterocycles. The number of hydrogen-bond donors (Lipinski definition) is 2. The van der Waals surface area contributed by atoms with Crippen molar-refractivity contribution in [2.75, 3.05) is 31.6 Å². The van der Waals surface area contributed by atoms with Crippen LogP contribution in [-0.2, 0) is 16.0 Å². The third-order valence-corrected chi connectivity index (χ3v) is 4.21. The van der Waals surface area contributed by atoms with Crippen LogP contribution in [0, 0.1) is 0 Å². The van der Waals surface area contributed by atoms with Crippen molar-refractivity contribution in [3.63, 3.8) is 0 Å². The van der Waals surface area contributed by atoms with Gasteiger partial charge in [-0.15, -0.1) is 0 Å². The average Bonchev–Trinajstić information content (AvgIpc) is 3.14. The molecule has 0 aliphatic carbocycles. The fraction of sp³-hybridized carbons (Fsp3) is 0.353. The highest BCUT2D eigenvalue weighted by molar-refractivity contribution is 5.98. The summed E-state index contributed by atoms with van der Waals surface area (Å²) in [7, 11) is 1.58. The molecule has 0 bridgehead atoms. The Morgan fingerprint density at radius 1 is 1.44 bits per heavy atom. The quantitative estimate of drug-likeness (QED) is 0.805. The fourth-order valence-corrected chi connectivity index (χ4v) is 2.87. The third kappa shape index (κ3) is 3.80. The van der Waals surface area contributed by atoms with Crippen LogP contribution in [0.3, 0.4) is 0 Å². The van der Waals surface area contributed by atoms with Crippen molar-refractivity contribution in [2.24, 2.45) is 5.73 Å². The SMILES string of the molecule is COc1cccc(N2CCN(C(=O)[C@@H](N)Cc3cnc[nH]3)CC2=O)c1. The van der Waals surface area contributed by atoms with Gasteiger partial charge >= 0.3 is 0 Å². The zero-order chi connectivity index (χ0) is 17.8. The van der Waals surface area contributed by atoms with Gasteiger partial charge in [0.15, 0.2) is 0 Å². The van der Waals surface area contributed by atoms with Crippen molar-refractivity contribution >= 4 is 17.5 Å². The van der Waals surface area contributed by atoms with Crippen LogP contribution in [0.25, 0.3) is 0 Å². The molecule has 8 heteroatoms. The molecule has 8 nitrogen and oxygen atoms in total. The first-order chi connectivity index (χ1) is 12.1. The topological polar surface area (TPSA) is 105 Å². The predicted octanol–water partition coefficient (Wildman–Crippen LogP) is 0.164. The molecule has 3 N–H and O–H groups in total. The van der Waals surface area contributed by atoms with Crippen LogP contribution in [0.4, 0.5) is 5.69 Å². The van der Waals surface area contributed by atoms with E-state index in [1.807, 2.05) is 18.2 Å². The number of benzene rings is 1. The van der Waals surface area contributed by atoms with Crippen molar-refractivity contribution in [3.05, 3.63) is 42.5 Å². The van der Waals surface area contributed by atoms with Crippen LogP contribution >= 0.6 is 0 Å². The molecule has 2 heterocycles. The lowest BCUT2D eigenvalue weighted by molar-refractivity contribution is -0.137. The zero-order valence-electron chi connectivity index (χ0n) is 14.0. The van der Waals surface area contributed by atoms with Gasteiger partial charge in [-0.2, -0.15) is 0 Å². The number of nitrogens with two attached hydrogens (primary N) is 1. The molecule has 0 radical (unpaired) electrons. The maximum absolute atomic E-state index is 12.5. The van der Waals surface area contributed by atoms with Gasteiger partial charge in [-0.1, -0.05) is 6.07 Å². The van der Waals surface area contributed by atoms with E-state index in [2.05, 4.69) is 9.97 Å². The Labute approximate surface area is 145 Å².